The molecule has 1 atom stereocenters. The maximum Gasteiger partial charge on any atom is 0.0563 e. The molecule has 0 radical (unpaired) electrons. The number of fused-ring (bicyclic) bond motifs is 1. The number of hydrogen-bond acceptors (Lipinski definition) is 3. The van der Waals surface area contributed by atoms with E-state index in [0.29, 0.717) is 10.0 Å². The van der Waals surface area contributed by atoms with Gasteiger partial charge in [-0.2, -0.15) is 0 Å². The molecule has 5 heteroatoms. The lowest BCUT2D eigenvalue weighted by Gasteiger charge is -2.14. The van der Waals surface area contributed by atoms with Gasteiger partial charge >= 0.3 is 0 Å². The summed E-state index contributed by atoms with van der Waals surface area (Å²) in [6, 6.07) is 18.3. The van der Waals surface area contributed by atoms with Crippen LogP contribution in [0.15, 0.2) is 70.9 Å². The first-order valence-corrected chi connectivity index (χ1v) is 9.95. The second-order valence-electron chi connectivity index (χ2n) is 5.38. The summed E-state index contributed by atoms with van der Waals surface area (Å²) in [4.78, 5) is 2.42. The summed E-state index contributed by atoms with van der Waals surface area (Å²) in [5.41, 5.74) is 3.30. The van der Waals surface area contributed by atoms with Gasteiger partial charge in [-0.25, -0.2) is 0 Å². The molecule has 1 aliphatic rings. The van der Waals surface area contributed by atoms with Crippen LogP contribution in [0, 0.1) is 0 Å². The lowest BCUT2D eigenvalue weighted by molar-refractivity contribution is 1.23. The van der Waals surface area contributed by atoms with Crippen LogP contribution in [0.1, 0.15) is 15.7 Å². The van der Waals surface area contributed by atoms with Gasteiger partial charge in [0.25, 0.3) is 0 Å². The number of thioether (sulfide) groups is 1. The van der Waals surface area contributed by atoms with Crippen LogP contribution >= 0.6 is 46.3 Å². The predicted molar refractivity (Wildman–Crippen MR) is 107 cm³/mol. The molecule has 1 N–H and O–H groups in total. The van der Waals surface area contributed by atoms with E-state index in [-0.39, 0.29) is 5.25 Å². The minimum absolute atomic E-state index is 0.114. The van der Waals surface area contributed by atoms with E-state index in [2.05, 4.69) is 47.1 Å². The molecule has 4 rings (SSSR count). The molecule has 24 heavy (non-hydrogen) atoms. The van der Waals surface area contributed by atoms with Crippen LogP contribution in [0.25, 0.3) is 5.70 Å². The Hall–Kier alpha value is -1.39. The molecule has 0 aliphatic carbocycles. The first-order valence-electron chi connectivity index (χ1n) is 7.44. The Morgan fingerprint density at radius 3 is 2.62 bits per heavy atom. The van der Waals surface area contributed by atoms with E-state index in [9.17, 15) is 0 Å². The summed E-state index contributed by atoms with van der Waals surface area (Å²) in [6.45, 7) is 0. The molecule has 0 bridgehead atoms. The third-order valence-electron chi connectivity index (χ3n) is 3.78. The Bertz CT molecular complexity index is 903. The van der Waals surface area contributed by atoms with Crippen molar-refractivity contribution in [2.24, 2.45) is 0 Å². The summed E-state index contributed by atoms with van der Waals surface area (Å²) in [7, 11) is 0. The van der Waals surface area contributed by atoms with Gasteiger partial charge in [0.1, 0.15) is 0 Å². The Balaban J connectivity index is 1.84. The van der Waals surface area contributed by atoms with E-state index in [1.807, 2.05) is 24.3 Å². The number of rotatable bonds is 2. The molecule has 1 aromatic heterocycles. The van der Waals surface area contributed by atoms with Crippen LogP contribution in [-0.2, 0) is 0 Å². The van der Waals surface area contributed by atoms with E-state index in [0.717, 1.165) is 16.9 Å². The lowest BCUT2D eigenvalue weighted by Crippen LogP contribution is -1.97. The molecule has 0 fully saturated rings. The van der Waals surface area contributed by atoms with Crippen LogP contribution in [-0.4, -0.2) is 0 Å². The molecule has 1 aliphatic heterocycles. The standard InChI is InChI=1S/C19H13Cl2NS2/c20-12-7-8-13(14(21)10-12)19-11-16(17-6-3-9-23-17)22-15-4-1-2-5-18(15)24-19/h1-11,19,22H/t19-/m0/s1. The highest BCUT2D eigenvalue weighted by Gasteiger charge is 2.21. The van der Waals surface area contributed by atoms with Crippen LogP contribution in [0.3, 0.4) is 0 Å². The Kier molecular flexibility index (Phi) is 4.59. The molecular weight excluding hydrogens is 377 g/mol. The molecule has 0 spiro atoms. The van der Waals surface area contributed by atoms with Crippen molar-refractivity contribution in [2.75, 3.05) is 5.32 Å². The zero-order valence-corrected chi connectivity index (χ0v) is 15.6. The minimum atomic E-state index is 0.114. The summed E-state index contributed by atoms with van der Waals surface area (Å²) >= 11 is 16.0. The number of benzene rings is 2. The smallest absolute Gasteiger partial charge is 0.0563 e. The largest absolute Gasteiger partial charge is 0.354 e. The first-order chi connectivity index (χ1) is 11.7. The van der Waals surface area contributed by atoms with Crippen molar-refractivity contribution < 1.29 is 0 Å². The maximum absolute atomic E-state index is 6.47. The number of para-hydroxylation sites is 1. The molecule has 2 aromatic carbocycles. The van der Waals surface area contributed by atoms with Gasteiger partial charge in [0.2, 0.25) is 0 Å². The molecule has 1 nitrogen and oxygen atoms in total. The van der Waals surface area contributed by atoms with Crippen LogP contribution in [0.5, 0.6) is 0 Å². The second-order valence-corrected chi connectivity index (χ2v) is 8.36. The van der Waals surface area contributed by atoms with Crippen molar-refractivity contribution >= 4 is 57.7 Å². The molecule has 120 valence electrons. The van der Waals surface area contributed by atoms with Gasteiger partial charge in [-0.05, 0) is 47.4 Å². The highest BCUT2D eigenvalue weighted by molar-refractivity contribution is 7.99. The average Bonchev–Trinajstić information content (AvgIpc) is 3.03. The van der Waals surface area contributed by atoms with Crippen molar-refractivity contribution in [3.63, 3.8) is 0 Å². The zero-order chi connectivity index (χ0) is 16.5. The summed E-state index contributed by atoms with van der Waals surface area (Å²) in [5, 5.41) is 7.13. The van der Waals surface area contributed by atoms with Gasteiger partial charge in [-0.3, -0.25) is 0 Å². The molecule has 0 unspecified atom stereocenters. The van der Waals surface area contributed by atoms with Crippen molar-refractivity contribution in [2.45, 2.75) is 10.1 Å². The van der Waals surface area contributed by atoms with E-state index in [1.165, 1.54) is 9.77 Å². The van der Waals surface area contributed by atoms with Crippen molar-refractivity contribution in [3.05, 3.63) is 86.5 Å². The SMILES string of the molecule is Clc1ccc([C@@H]2C=C(c3cccs3)Nc3ccccc3S2)c(Cl)c1. The Morgan fingerprint density at radius 2 is 1.83 bits per heavy atom. The van der Waals surface area contributed by atoms with Crippen LogP contribution < -0.4 is 5.32 Å². The Labute approximate surface area is 159 Å². The highest BCUT2D eigenvalue weighted by atomic mass is 35.5. The fourth-order valence-electron chi connectivity index (χ4n) is 2.64. The Morgan fingerprint density at radius 1 is 0.958 bits per heavy atom. The molecule has 0 saturated carbocycles. The predicted octanol–water partition coefficient (Wildman–Crippen LogP) is 7.35. The fraction of sp³-hybridized carbons (Fsp3) is 0.0526. The van der Waals surface area contributed by atoms with Crippen molar-refractivity contribution in [3.8, 4) is 0 Å². The van der Waals surface area contributed by atoms with Crippen LogP contribution in [0.4, 0.5) is 5.69 Å². The van der Waals surface area contributed by atoms with Gasteiger partial charge in [-0.1, -0.05) is 47.5 Å². The molecule has 0 amide bonds. The number of anilines is 1. The maximum atomic E-state index is 6.47. The van der Waals surface area contributed by atoms with Crippen LogP contribution in [0.2, 0.25) is 10.0 Å². The van der Waals surface area contributed by atoms with Gasteiger partial charge in [0.15, 0.2) is 0 Å². The summed E-state index contributed by atoms with van der Waals surface area (Å²) < 4.78 is 0. The molecular formula is C19H13Cl2NS2. The monoisotopic (exact) mass is 389 g/mol. The second kappa shape index (κ2) is 6.85. The average molecular weight is 390 g/mol. The van der Waals surface area contributed by atoms with Gasteiger partial charge < -0.3 is 5.32 Å². The van der Waals surface area contributed by atoms with Crippen molar-refractivity contribution in [1.82, 2.24) is 0 Å². The van der Waals surface area contributed by atoms with Gasteiger partial charge in [-0.15, -0.1) is 23.1 Å². The lowest BCUT2D eigenvalue weighted by atomic mass is 10.1. The number of thiophene rings is 1. The normalized spacial score (nSPS) is 16.8. The van der Waals surface area contributed by atoms with Gasteiger partial charge in [0.05, 0.1) is 21.5 Å². The van der Waals surface area contributed by atoms with E-state index < -0.39 is 0 Å². The molecule has 2 heterocycles. The van der Waals surface area contributed by atoms with Crippen molar-refractivity contribution in [1.29, 1.82) is 0 Å². The van der Waals surface area contributed by atoms with Gasteiger partial charge in [0, 0.05) is 14.9 Å². The summed E-state index contributed by atoms with van der Waals surface area (Å²) in [6.07, 6.45) is 2.24. The van der Waals surface area contributed by atoms with E-state index in [1.54, 1.807) is 23.1 Å². The molecule has 0 saturated heterocycles. The summed E-state index contributed by atoms with van der Waals surface area (Å²) in [5.74, 6) is 0. The van der Waals surface area contributed by atoms with E-state index >= 15 is 0 Å². The number of nitrogens with one attached hydrogen (secondary N) is 1. The minimum Gasteiger partial charge on any atom is -0.354 e. The quantitative estimate of drug-likeness (QED) is 0.491. The first kappa shape index (κ1) is 16.1. The van der Waals surface area contributed by atoms with E-state index in [4.69, 9.17) is 23.2 Å². The fourth-order valence-corrected chi connectivity index (χ4v) is 5.15. The third kappa shape index (κ3) is 3.22. The number of halogens is 2. The highest BCUT2D eigenvalue weighted by Crippen LogP contribution is 2.46. The topological polar surface area (TPSA) is 12.0 Å². The molecule has 3 aromatic rings. The number of hydrogen-bond donors (Lipinski definition) is 1. The zero-order valence-electron chi connectivity index (χ0n) is 12.5. The third-order valence-corrected chi connectivity index (χ3v) is 6.50.